The molecule has 10 nitrogen and oxygen atoms in total. The molecule has 0 radical (unpaired) electrons. The lowest BCUT2D eigenvalue weighted by atomic mass is 9.70. The minimum atomic E-state index is -1.45. The van der Waals surface area contributed by atoms with E-state index in [2.05, 4.69) is 34.4 Å². The van der Waals surface area contributed by atoms with Crippen LogP contribution < -0.4 is 10.2 Å². The Morgan fingerprint density at radius 2 is 1.80 bits per heavy atom. The third kappa shape index (κ3) is 7.51. The van der Waals surface area contributed by atoms with Crippen LogP contribution in [0.4, 0.5) is 5.69 Å². The summed E-state index contributed by atoms with van der Waals surface area (Å²) < 4.78 is 13.0. The molecule has 54 heavy (non-hydrogen) atoms. The van der Waals surface area contributed by atoms with Gasteiger partial charge in [-0.15, -0.1) is 13.2 Å². The summed E-state index contributed by atoms with van der Waals surface area (Å²) in [5.74, 6) is -4.03. The van der Waals surface area contributed by atoms with Crippen molar-refractivity contribution in [2.45, 2.75) is 67.3 Å². The second-order valence-electron chi connectivity index (χ2n) is 14.0. The van der Waals surface area contributed by atoms with Gasteiger partial charge in [0, 0.05) is 17.8 Å². The van der Waals surface area contributed by atoms with Crippen LogP contribution in [0.25, 0.3) is 0 Å². The van der Waals surface area contributed by atoms with Crippen molar-refractivity contribution in [1.82, 2.24) is 10.2 Å². The zero-order valence-electron chi connectivity index (χ0n) is 30.1. The number of aliphatic hydroxyl groups is 1. The molecule has 1 unspecified atom stereocenters. The first kappa shape index (κ1) is 39.4. The standard InChI is InChI=1S/C42H45BrClN3O7/c1-4-6-20-33(49)45-24-32(28-17-11-8-12-18-28)53-41(52)34-35-39(50)47(29(25-48)22-27-15-9-7-10-16-27)38(42(35)23-30(43)37(34)54-42)40(51)46(21-5-2)36-26(3)14-13-19-31(36)44/h4-5,7-19,29-30,32,34-35,37-38,48H,1-2,6,20-25H2,3H3,(H,45,49)/t29-,30?,32+,34+,35-,37+,38+,42-/m1/s1. The average molecular weight is 819 g/mol. The summed E-state index contributed by atoms with van der Waals surface area (Å²) in [4.78, 5) is 60.0. The molecule has 12 heteroatoms. The number of carbonyl (C=O) groups is 4. The molecule has 3 aromatic rings. The summed E-state index contributed by atoms with van der Waals surface area (Å²) in [6, 6.07) is 21.7. The molecule has 0 saturated carbocycles. The largest absolute Gasteiger partial charge is 0.455 e. The van der Waals surface area contributed by atoms with Crippen molar-refractivity contribution in [3.8, 4) is 0 Å². The summed E-state index contributed by atoms with van der Waals surface area (Å²) in [7, 11) is 0. The van der Waals surface area contributed by atoms with Crippen LogP contribution in [-0.4, -0.2) is 82.0 Å². The van der Waals surface area contributed by atoms with Crippen LogP contribution in [0.1, 0.15) is 42.1 Å². The average Bonchev–Trinajstić information content (AvgIpc) is 3.77. The molecule has 0 aliphatic carbocycles. The number of amides is 3. The third-order valence-corrected chi connectivity index (χ3v) is 11.8. The minimum Gasteiger partial charge on any atom is -0.455 e. The van der Waals surface area contributed by atoms with E-state index < -0.39 is 70.9 Å². The fourth-order valence-electron chi connectivity index (χ4n) is 8.32. The topological polar surface area (TPSA) is 125 Å². The highest BCUT2D eigenvalue weighted by atomic mass is 79.9. The lowest BCUT2D eigenvalue weighted by molar-refractivity contribution is -0.160. The highest BCUT2D eigenvalue weighted by molar-refractivity contribution is 9.09. The Kier molecular flexibility index (Phi) is 12.4. The fourth-order valence-corrected chi connectivity index (χ4v) is 9.59. The lowest BCUT2D eigenvalue weighted by Gasteiger charge is -2.40. The van der Waals surface area contributed by atoms with Crippen molar-refractivity contribution < 1.29 is 33.8 Å². The van der Waals surface area contributed by atoms with Crippen LogP contribution in [0.5, 0.6) is 0 Å². The fraction of sp³-hybridized carbons (Fsp3) is 0.381. The molecule has 1 spiro atoms. The van der Waals surface area contributed by atoms with Crippen molar-refractivity contribution in [3.05, 3.63) is 126 Å². The van der Waals surface area contributed by atoms with Crippen molar-refractivity contribution in [3.63, 3.8) is 0 Å². The minimum absolute atomic E-state index is 0.00999. The Labute approximate surface area is 329 Å². The Balaban J connectivity index is 1.40. The number of nitrogens with zero attached hydrogens (tertiary/aromatic N) is 2. The predicted octanol–water partition coefficient (Wildman–Crippen LogP) is 5.89. The molecule has 3 amide bonds. The number of aliphatic hydroxyl groups excluding tert-OH is 1. The number of aryl methyl sites for hydroxylation is 1. The Morgan fingerprint density at radius 3 is 2.44 bits per heavy atom. The zero-order valence-corrected chi connectivity index (χ0v) is 32.5. The summed E-state index contributed by atoms with van der Waals surface area (Å²) in [5, 5.41) is 14.1. The highest BCUT2D eigenvalue weighted by Gasteiger charge is 2.77. The molecule has 2 N–H and O–H groups in total. The molecule has 6 rings (SSSR count). The van der Waals surface area contributed by atoms with Crippen molar-refractivity contribution in [2.75, 3.05) is 24.6 Å². The van der Waals surface area contributed by atoms with E-state index in [0.717, 1.165) is 11.1 Å². The summed E-state index contributed by atoms with van der Waals surface area (Å²) in [5.41, 5.74) is 1.28. The predicted molar refractivity (Wildman–Crippen MR) is 210 cm³/mol. The van der Waals surface area contributed by atoms with Gasteiger partial charge < -0.3 is 29.7 Å². The number of esters is 1. The monoisotopic (exact) mass is 817 g/mol. The number of rotatable bonds is 16. The number of alkyl halides is 1. The number of fused-ring (bicyclic) bond motifs is 1. The van der Waals surface area contributed by atoms with Crippen molar-refractivity contribution >= 4 is 56.9 Å². The van der Waals surface area contributed by atoms with Crippen LogP contribution in [0.15, 0.2) is 104 Å². The number of allylic oxidation sites excluding steroid dienone is 1. The molecule has 8 atom stereocenters. The van der Waals surface area contributed by atoms with Crippen LogP contribution in [0.3, 0.4) is 0 Å². The van der Waals surface area contributed by atoms with Crippen LogP contribution in [-0.2, 0) is 35.1 Å². The van der Waals surface area contributed by atoms with E-state index in [4.69, 9.17) is 21.1 Å². The van der Waals surface area contributed by atoms with E-state index in [0.29, 0.717) is 22.7 Å². The molecule has 3 fully saturated rings. The molecule has 3 aliphatic heterocycles. The number of benzene rings is 3. The number of hydrogen-bond acceptors (Lipinski definition) is 7. The van der Waals surface area contributed by atoms with Gasteiger partial charge in [-0.25, -0.2) is 0 Å². The van der Waals surface area contributed by atoms with E-state index in [1.54, 1.807) is 36.4 Å². The molecule has 0 aromatic heterocycles. The number of nitrogens with one attached hydrogen (secondary N) is 1. The molecule has 3 aliphatic rings. The van der Waals surface area contributed by atoms with E-state index in [-0.39, 0.29) is 38.3 Å². The summed E-state index contributed by atoms with van der Waals surface area (Å²) in [6.07, 6.45) is 2.82. The number of para-hydroxylation sites is 1. The van der Waals surface area contributed by atoms with Crippen molar-refractivity contribution in [1.29, 1.82) is 0 Å². The smallest absolute Gasteiger partial charge is 0.313 e. The molecular weight excluding hydrogens is 774 g/mol. The lowest BCUT2D eigenvalue weighted by Crippen LogP contribution is -2.59. The summed E-state index contributed by atoms with van der Waals surface area (Å²) >= 11 is 10.5. The normalized spacial score (nSPS) is 25.1. The van der Waals surface area contributed by atoms with Gasteiger partial charge in [-0.3, -0.25) is 19.2 Å². The molecular formula is C42H45BrClN3O7. The van der Waals surface area contributed by atoms with Gasteiger partial charge in [0.05, 0.1) is 47.8 Å². The first-order valence-electron chi connectivity index (χ1n) is 18.2. The van der Waals surface area contributed by atoms with Gasteiger partial charge in [0.25, 0.3) is 5.91 Å². The molecule has 284 valence electrons. The van der Waals surface area contributed by atoms with Gasteiger partial charge in [-0.05, 0) is 48.9 Å². The number of anilines is 1. The number of likely N-dealkylation sites (tertiary alicyclic amines) is 1. The second-order valence-corrected chi connectivity index (χ2v) is 15.6. The van der Waals surface area contributed by atoms with E-state index in [1.165, 1.54) is 9.80 Å². The third-order valence-electron chi connectivity index (χ3n) is 10.7. The number of ether oxygens (including phenoxy) is 2. The number of hydrogen-bond donors (Lipinski definition) is 2. The first-order chi connectivity index (χ1) is 26.1. The van der Waals surface area contributed by atoms with Gasteiger partial charge >= 0.3 is 5.97 Å². The van der Waals surface area contributed by atoms with E-state index >= 15 is 9.59 Å². The number of carbonyl (C=O) groups excluding carboxylic acids is 4. The van der Waals surface area contributed by atoms with E-state index in [9.17, 15) is 14.7 Å². The maximum atomic E-state index is 15.3. The van der Waals surface area contributed by atoms with Crippen molar-refractivity contribution in [2.24, 2.45) is 11.8 Å². The quantitative estimate of drug-likeness (QED) is 0.105. The zero-order chi connectivity index (χ0) is 38.6. The molecule has 3 saturated heterocycles. The Hall–Kier alpha value is -4.29. The molecule has 2 bridgehead atoms. The van der Waals surface area contributed by atoms with Crippen LogP contribution >= 0.6 is 27.5 Å². The second kappa shape index (κ2) is 17.0. The molecule has 3 aromatic carbocycles. The van der Waals surface area contributed by atoms with Crippen LogP contribution in [0.2, 0.25) is 5.02 Å². The van der Waals surface area contributed by atoms with Gasteiger partial charge in [0.2, 0.25) is 11.8 Å². The van der Waals surface area contributed by atoms with Crippen LogP contribution in [0, 0.1) is 18.8 Å². The summed E-state index contributed by atoms with van der Waals surface area (Å²) in [6.45, 7) is 9.06. The first-order valence-corrected chi connectivity index (χ1v) is 19.4. The highest BCUT2D eigenvalue weighted by Crippen LogP contribution is 2.61. The Bertz CT molecular complexity index is 1860. The van der Waals surface area contributed by atoms with Gasteiger partial charge in [-0.2, -0.15) is 0 Å². The maximum Gasteiger partial charge on any atom is 0.313 e. The maximum absolute atomic E-state index is 15.3. The van der Waals surface area contributed by atoms with Gasteiger partial charge in [0.1, 0.15) is 17.7 Å². The van der Waals surface area contributed by atoms with Gasteiger partial charge in [-0.1, -0.05) is 112 Å². The Morgan fingerprint density at radius 1 is 1.09 bits per heavy atom. The van der Waals surface area contributed by atoms with E-state index in [1.807, 2.05) is 61.5 Å². The molecule has 3 heterocycles. The van der Waals surface area contributed by atoms with Gasteiger partial charge in [0.15, 0.2) is 0 Å². The SMILES string of the molecule is C=CCCC(=O)NC[C@H](OC(=O)[C@@H]1[C@H]2O[C@@]3(CC2Br)[C@H](C(=O)N(CC=C)c2c(C)cccc2Cl)N([C@@H](CO)Cc2ccccc2)C(=O)[C@@H]13)c1ccccc1. The number of halogens is 2.